The Morgan fingerprint density at radius 1 is 0.913 bits per heavy atom. The van der Waals surface area contributed by atoms with Crippen molar-refractivity contribution in [1.29, 1.82) is 0 Å². The van der Waals surface area contributed by atoms with Gasteiger partial charge in [-0.1, -0.05) is 32.1 Å². The summed E-state index contributed by atoms with van der Waals surface area (Å²) in [6.45, 7) is 3.98. The summed E-state index contributed by atoms with van der Waals surface area (Å²) >= 11 is 0. The highest BCUT2D eigenvalue weighted by Gasteiger charge is 2.41. The summed E-state index contributed by atoms with van der Waals surface area (Å²) in [6, 6.07) is 0. The van der Waals surface area contributed by atoms with E-state index in [0.29, 0.717) is 5.78 Å². The monoisotopic (exact) mass is 321 g/mol. The van der Waals surface area contributed by atoms with Crippen LogP contribution < -0.4 is 5.32 Å². The lowest BCUT2D eigenvalue weighted by atomic mass is 9.63. The van der Waals surface area contributed by atoms with Crippen LogP contribution in [-0.4, -0.2) is 25.2 Å². The molecule has 0 spiro atoms. The van der Waals surface area contributed by atoms with Gasteiger partial charge in [0.25, 0.3) is 0 Å². The zero-order chi connectivity index (χ0) is 16.6. The van der Waals surface area contributed by atoms with Crippen molar-refractivity contribution in [2.75, 3.05) is 13.1 Å². The molecule has 0 heterocycles. The Kier molecular flexibility index (Phi) is 7.26. The Labute approximate surface area is 142 Å². The van der Waals surface area contributed by atoms with Crippen LogP contribution in [0.3, 0.4) is 0 Å². The predicted octanol–water partition coefficient (Wildman–Crippen LogP) is 4.44. The molecule has 0 aliphatic heterocycles. The third-order valence-electron chi connectivity index (χ3n) is 6.24. The summed E-state index contributed by atoms with van der Waals surface area (Å²) in [5.74, 6) is 0.421. The van der Waals surface area contributed by atoms with Crippen LogP contribution in [0.2, 0.25) is 0 Å². The van der Waals surface area contributed by atoms with E-state index >= 15 is 0 Å². The highest BCUT2D eigenvalue weighted by atomic mass is 16.1. The van der Waals surface area contributed by atoms with E-state index in [1.54, 1.807) is 6.92 Å². The van der Waals surface area contributed by atoms with E-state index in [0.717, 1.165) is 51.6 Å². The number of Topliss-reactive ketones (excluding diaryl/α,β-unsaturated/α-hetero) is 1. The van der Waals surface area contributed by atoms with Gasteiger partial charge in [-0.25, -0.2) is 0 Å². The zero-order valence-corrected chi connectivity index (χ0v) is 15.0. The van der Waals surface area contributed by atoms with Gasteiger partial charge in [0.15, 0.2) is 0 Å². The minimum atomic E-state index is 0.0772. The van der Waals surface area contributed by atoms with E-state index < -0.39 is 0 Å². The van der Waals surface area contributed by atoms with Gasteiger partial charge in [0, 0.05) is 10.8 Å². The standard InChI is InChI=1S/C20H35NO2/c1-18(23)20(11-8-12-20)10-5-3-7-16-21-15-6-2-4-9-19(17-22)13-14-19/h17,21H,2-16H2,1H3. The van der Waals surface area contributed by atoms with Gasteiger partial charge in [-0.15, -0.1) is 0 Å². The molecule has 132 valence electrons. The second-order valence-electron chi connectivity index (χ2n) is 8.04. The lowest BCUT2D eigenvalue weighted by Crippen LogP contribution is -2.36. The van der Waals surface area contributed by atoms with Gasteiger partial charge in [0.2, 0.25) is 0 Å². The fraction of sp³-hybridized carbons (Fsp3) is 0.900. The summed E-state index contributed by atoms with van der Waals surface area (Å²) in [5, 5.41) is 3.52. The maximum Gasteiger partial charge on any atom is 0.135 e. The lowest BCUT2D eigenvalue weighted by Gasteiger charge is -2.39. The molecule has 2 aliphatic carbocycles. The second-order valence-corrected chi connectivity index (χ2v) is 8.04. The molecular weight excluding hydrogens is 286 g/mol. The van der Waals surface area contributed by atoms with Crippen LogP contribution >= 0.6 is 0 Å². The minimum absolute atomic E-state index is 0.0772. The molecule has 0 aromatic rings. The number of aldehydes is 1. The van der Waals surface area contributed by atoms with Gasteiger partial charge < -0.3 is 10.1 Å². The fourth-order valence-electron chi connectivity index (χ4n) is 3.89. The SMILES string of the molecule is CC(=O)C1(CCCCCNCCCCCC2(C=O)CC2)CCC1. The van der Waals surface area contributed by atoms with Crippen LogP contribution in [0, 0.1) is 10.8 Å². The molecule has 2 fully saturated rings. The topological polar surface area (TPSA) is 46.2 Å². The minimum Gasteiger partial charge on any atom is -0.317 e. The zero-order valence-electron chi connectivity index (χ0n) is 15.0. The van der Waals surface area contributed by atoms with E-state index in [1.165, 1.54) is 51.2 Å². The van der Waals surface area contributed by atoms with Crippen LogP contribution in [0.4, 0.5) is 0 Å². The molecule has 1 N–H and O–H groups in total. The van der Waals surface area contributed by atoms with Crippen molar-refractivity contribution in [1.82, 2.24) is 5.32 Å². The van der Waals surface area contributed by atoms with E-state index in [4.69, 9.17) is 0 Å². The van der Waals surface area contributed by atoms with Gasteiger partial charge >= 0.3 is 0 Å². The van der Waals surface area contributed by atoms with Gasteiger partial charge in [-0.05, 0) is 71.4 Å². The quantitative estimate of drug-likeness (QED) is 0.380. The molecule has 0 saturated heterocycles. The van der Waals surface area contributed by atoms with Crippen LogP contribution in [-0.2, 0) is 9.59 Å². The third kappa shape index (κ3) is 5.70. The molecule has 0 radical (unpaired) electrons. The maximum atomic E-state index is 11.7. The predicted molar refractivity (Wildman–Crippen MR) is 94.5 cm³/mol. The van der Waals surface area contributed by atoms with Gasteiger partial charge in [-0.3, -0.25) is 4.79 Å². The highest BCUT2D eigenvalue weighted by Crippen LogP contribution is 2.47. The summed E-state index contributed by atoms with van der Waals surface area (Å²) in [4.78, 5) is 22.6. The van der Waals surface area contributed by atoms with Crippen molar-refractivity contribution in [3.8, 4) is 0 Å². The first-order chi connectivity index (χ1) is 11.1. The Balaban J connectivity index is 1.34. The molecular formula is C20H35NO2. The van der Waals surface area contributed by atoms with E-state index in [2.05, 4.69) is 5.32 Å². The first-order valence-electron chi connectivity index (χ1n) is 9.81. The lowest BCUT2D eigenvalue weighted by molar-refractivity contribution is -0.131. The van der Waals surface area contributed by atoms with Crippen molar-refractivity contribution in [3.63, 3.8) is 0 Å². The molecule has 0 amide bonds. The summed E-state index contributed by atoms with van der Waals surface area (Å²) in [5.41, 5.74) is 0.180. The molecule has 0 unspecified atom stereocenters. The Morgan fingerprint density at radius 2 is 1.52 bits per heavy atom. The third-order valence-corrected chi connectivity index (χ3v) is 6.24. The molecule has 2 saturated carbocycles. The Bertz CT molecular complexity index is 383. The number of rotatable bonds is 14. The molecule has 23 heavy (non-hydrogen) atoms. The van der Waals surface area contributed by atoms with Gasteiger partial charge in [0.1, 0.15) is 12.1 Å². The van der Waals surface area contributed by atoms with Crippen molar-refractivity contribution in [2.24, 2.45) is 10.8 Å². The smallest absolute Gasteiger partial charge is 0.135 e. The second kappa shape index (κ2) is 8.96. The normalized spacial score (nSPS) is 20.7. The van der Waals surface area contributed by atoms with Crippen molar-refractivity contribution >= 4 is 12.1 Å². The maximum absolute atomic E-state index is 11.7. The average molecular weight is 322 g/mol. The van der Waals surface area contributed by atoms with E-state index in [9.17, 15) is 9.59 Å². The number of hydrogen-bond donors (Lipinski definition) is 1. The fourth-order valence-corrected chi connectivity index (χ4v) is 3.89. The molecule has 0 aromatic carbocycles. The van der Waals surface area contributed by atoms with Gasteiger partial charge in [0.05, 0.1) is 0 Å². The van der Waals surface area contributed by atoms with Crippen LogP contribution in [0.25, 0.3) is 0 Å². The van der Waals surface area contributed by atoms with Crippen molar-refractivity contribution in [3.05, 3.63) is 0 Å². The molecule has 3 nitrogen and oxygen atoms in total. The first kappa shape index (κ1) is 18.6. The summed E-state index contributed by atoms with van der Waals surface area (Å²) in [7, 11) is 0. The number of carbonyl (C=O) groups is 2. The number of hydrogen-bond acceptors (Lipinski definition) is 3. The average Bonchev–Trinajstić information content (AvgIpc) is 3.27. The molecule has 2 aliphatic rings. The largest absolute Gasteiger partial charge is 0.317 e. The van der Waals surface area contributed by atoms with Crippen LogP contribution in [0.1, 0.15) is 90.4 Å². The molecule has 3 heteroatoms. The Morgan fingerprint density at radius 3 is 1.96 bits per heavy atom. The van der Waals surface area contributed by atoms with Crippen molar-refractivity contribution in [2.45, 2.75) is 90.4 Å². The number of nitrogens with one attached hydrogen (secondary N) is 1. The molecule has 0 atom stereocenters. The number of unbranched alkanes of at least 4 members (excludes halogenated alkanes) is 4. The van der Waals surface area contributed by atoms with E-state index in [1.807, 2.05) is 0 Å². The summed E-state index contributed by atoms with van der Waals surface area (Å²) in [6.07, 6.45) is 16.5. The van der Waals surface area contributed by atoms with E-state index in [-0.39, 0.29) is 10.8 Å². The first-order valence-corrected chi connectivity index (χ1v) is 9.81. The van der Waals surface area contributed by atoms with Crippen LogP contribution in [0.5, 0.6) is 0 Å². The molecule has 0 bridgehead atoms. The van der Waals surface area contributed by atoms with Gasteiger partial charge in [-0.2, -0.15) is 0 Å². The molecule has 2 rings (SSSR count). The Hall–Kier alpha value is -0.700. The van der Waals surface area contributed by atoms with Crippen LogP contribution in [0.15, 0.2) is 0 Å². The highest BCUT2D eigenvalue weighted by molar-refractivity contribution is 5.83. The molecule has 0 aromatic heterocycles. The number of carbonyl (C=O) groups excluding carboxylic acids is 2. The summed E-state index contributed by atoms with van der Waals surface area (Å²) < 4.78 is 0. The number of ketones is 1. The van der Waals surface area contributed by atoms with Crippen molar-refractivity contribution < 1.29 is 9.59 Å².